The topological polar surface area (TPSA) is 47.3 Å². The monoisotopic (exact) mass is 302 g/mol. The molecule has 0 aliphatic carbocycles. The van der Waals surface area contributed by atoms with Gasteiger partial charge in [0.1, 0.15) is 0 Å². The molecule has 1 aromatic heterocycles. The second-order valence-corrected chi connectivity index (χ2v) is 6.19. The molecule has 88 valence electrons. The Bertz CT molecular complexity index is 384. The number of nitrogens with one attached hydrogen (secondary N) is 1. The third kappa shape index (κ3) is 1.75. The van der Waals surface area contributed by atoms with Gasteiger partial charge in [0, 0.05) is 15.8 Å². The normalized spacial score (nSPS) is 34.5. The van der Waals surface area contributed by atoms with Gasteiger partial charge in [-0.3, -0.25) is 11.3 Å². The van der Waals surface area contributed by atoms with Crippen LogP contribution < -0.4 is 11.3 Å². The van der Waals surface area contributed by atoms with Crippen LogP contribution in [0.3, 0.4) is 0 Å². The lowest BCUT2D eigenvalue weighted by Gasteiger charge is -2.27. The van der Waals surface area contributed by atoms with E-state index in [9.17, 15) is 0 Å². The Morgan fingerprint density at radius 3 is 2.88 bits per heavy atom. The van der Waals surface area contributed by atoms with Gasteiger partial charge in [0.15, 0.2) is 0 Å². The Balaban J connectivity index is 1.84. The molecule has 5 heteroatoms. The van der Waals surface area contributed by atoms with Crippen molar-refractivity contribution in [1.29, 1.82) is 0 Å². The standard InChI is InChI=1S/C11H15BrN2OS/c12-9-5-16-4-8(9)11(14-13)7-3-6-1-2-10(7)15-6/h4-7,10-11,14H,1-3,13H2. The van der Waals surface area contributed by atoms with E-state index in [1.165, 1.54) is 18.4 Å². The van der Waals surface area contributed by atoms with Gasteiger partial charge in [-0.05, 0) is 46.1 Å². The summed E-state index contributed by atoms with van der Waals surface area (Å²) in [6.07, 6.45) is 4.43. The third-order valence-corrected chi connectivity index (χ3v) is 5.49. The molecule has 2 bridgehead atoms. The molecule has 0 aromatic carbocycles. The van der Waals surface area contributed by atoms with Crippen LogP contribution in [0.1, 0.15) is 30.9 Å². The molecule has 16 heavy (non-hydrogen) atoms. The molecule has 3 N–H and O–H groups in total. The molecule has 2 saturated heterocycles. The van der Waals surface area contributed by atoms with Crippen LogP contribution in [0.2, 0.25) is 0 Å². The van der Waals surface area contributed by atoms with Crippen LogP contribution in [-0.2, 0) is 4.74 Å². The summed E-state index contributed by atoms with van der Waals surface area (Å²) in [5.41, 5.74) is 4.24. The van der Waals surface area contributed by atoms with Gasteiger partial charge in [0.2, 0.25) is 0 Å². The van der Waals surface area contributed by atoms with Crippen LogP contribution in [-0.4, -0.2) is 12.2 Å². The Kier molecular flexibility index (Phi) is 3.06. The zero-order valence-electron chi connectivity index (χ0n) is 8.86. The van der Waals surface area contributed by atoms with E-state index in [2.05, 4.69) is 32.1 Å². The maximum absolute atomic E-state index is 5.90. The number of hydrogen-bond donors (Lipinski definition) is 2. The van der Waals surface area contributed by atoms with E-state index in [0.717, 1.165) is 10.9 Å². The fourth-order valence-corrected chi connectivity index (χ4v) is 4.57. The van der Waals surface area contributed by atoms with Crippen LogP contribution in [0.4, 0.5) is 0 Å². The van der Waals surface area contributed by atoms with E-state index in [-0.39, 0.29) is 6.04 Å². The number of ether oxygens (including phenoxy) is 1. The summed E-state index contributed by atoms with van der Waals surface area (Å²) < 4.78 is 7.05. The summed E-state index contributed by atoms with van der Waals surface area (Å²) in [5, 5.41) is 4.27. The molecule has 1 aromatic rings. The zero-order chi connectivity index (χ0) is 11.1. The molecule has 0 amide bonds. The van der Waals surface area contributed by atoms with E-state index in [0.29, 0.717) is 18.1 Å². The number of hydrazine groups is 1. The van der Waals surface area contributed by atoms with Crippen LogP contribution >= 0.6 is 27.3 Å². The van der Waals surface area contributed by atoms with Gasteiger partial charge >= 0.3 is 0 Å². The molecule has 4 atom stereocenters. The predicted octanol–water partition coefficient (Wildman–Crippen LogP) is 2.58. The lowest BCUT2D eigenvalue weighted by molar-refractivity contribution is 0.0856. The number of hydrogen-bond acceptors (Lipinski definition) is 4. The minimum atomic E-state index is 0.218. The summed E-state index contributed by atoms with van der Waals surface area (Å²) in [4.78, 5) is 0. The van der Waals surface area contributed by atoms with E-state index in [4.69, 9.17) is 10.6 Å². The van der Waals surface area contributed by atoms with E-state index >= 15 is 0 Å². The van der Waals surface area contributed by atoms with Crippen LogP contribution in [0, 0.1) is 5.92 Å². The van der Waals surface area contributed by atoms with Gasteiger partial charge in [-0.1, -0.05) is 0 Å². The SMILES string of the molecule is NNC(c1cscc1Br)C1CC2CCC1O2. The van der Waals surface area contributed by atoms with Crippen LogP contribution in [0.25, 0.3) is 0 Å². The summed E-state index contributed by atoms with van der Waals surface area (Å²) in [6.45, 7) is 0. The molecule has 0 spiro atoms. The van der Waals surface area contributed by atoms with Gasteiger partial charge in [0.05, 0.1) is 18.2 Å². The van der Waals surface area contributed by atoms with Crippen molar-refractivity contribution in [1.82, 2.24) is 5.43 Å². The summed E-state index contributed by atoms with van der Waals surface area (Å²) in [5.74, 6) is 6.25. The highest BCUT2D eigenvalue weighted by molar-refractivity contribution is 9.10. The summed E-state index contributed by atoms with van der Waals surface area (Å²) in [6, 6.07) is 0.218. The van der Waals surface area contributed by atoms with Crippen molar-refractivity contribution in [3.8, 4) is 0 Å². The molecule has 0 radical (unpaired) electrons. The number of thiophene rings is 1. The first-order valence-electron chi connectivity index (χ1n) is 5.62. The molecule has 4 unspecified atom stereocenters. The smallest absolute Gasteiger partial charge is 0.0627 e. The molecule has 2 aliphatic rings. The molecule has 0 saturated carbocycles. The van der Waals surface area contributed by atoms with Crippen molar-refractivity contribution in [2.24, 2.45) is 11.8 Å². The second-order valence-electron chi connectivity index (χ2n) is 4.59. The van der Waals surface area contributed by atoms with Gasteiger partial charge in [0.25, 0.3) is 0 Å². The Labute approximate surface area is 107 Å². The Morgan fingerprint density at radius 1 is 1.50 bits per heavy atom. The van der Waals surface area contributed by atoms with E-state index < -0.39 is 0 Å². The fourth-order valence-electron chi connectivity index (χ4n) is 2.99. The maximum Gasteiger partial charge on any atom is 0.0627 e. The molecule has 2 fully saturated rings. The number of fused-ring (bicyclic) bond motifs is 2. The van der Waals surface area contributed by atoms with Crippen molar-refractivity contribution in [3.63, 3.8) is 0 Å². The fraction of sp³-hybridized carbons (Fsp3) is 0.636. The van der Waals surface area contributed by atoms with Gasteiger partial charge < -0.3 is 4.74 Å². The quantitative estimate of drug-likeness (QED) is 0.666. The average Bonchev–Trinajstić information content (AvgIpc) is 2.97. The van der Waals surface area contributed by atoms with Crippen molar-refractivity contribution < 1.29 is 4.74 Å². The number of nitrogens with two attached hydrogens (primary N) is 1. The van der Waals surface area contributed by atoms with Gasteiger partial charge in [-0.15, -0.1) is 0 Å². The highest BCUT2D eigenvalue weighted by atomic mass is 79.9. The number of halogens is 1. The highest BCUT2D eigenvalue weighted by Crippen LogP contribution is 2.45. The van der Waals surface area contributed by atoms with Gasteiger partial charge in [-0.25, -0.2) is 0 Å². The first-order valence-corrected chi connectivity index (χ1v) is 7.36. The molecule has 3 nitrogen and oxygen atoms in total. The maximum atomic E-state index is 5.90. The third-order valence-electron chi connectivity index (χ3n) is 3.74. The first-order chi connectivity index (χ1) is 7.79. The summed E-state index contributed by atoms with van der Waals surface area (Å²) >= 11 is 5.29. The highest BCUT2D eigenvalue weighted by Gasteiger charge is 2.44. The minimum absolute atomic E-state index is 0.218. The molecule has 2 aliphatic heterocycles. The van der Waals surface area contributed by atoms with Crippen molar-refractivity contribution >= 4 is 27.3 Å². The molecule has 3 heterocycles. The summed E-state index contributed by atoms with van der Waals surface area (Å²) in [7, 11) is 0. The van der Waals surface area contributed by atoms with Gasteiger partial charge in [-0.2, -0.15) is 11.3 Å². The first kappa shape index (κ1) is 11.2. The van der Waals surface area contributed by atoms with Crippen LogP contribution in [0.5, 0.6) is 0 Å². The predicted molar refractivity (Wildman–Crippen MR) is 68.1 cm³/mol. The molecular weight excluding hydrogens is 288 g/mol. The van der Waals surface area contributed by atoms with Crippen LogP contribution in [0.15, 0.2) is 15.2 Å². The average molecular weight is 303 g/mol. The van der Waals surface area contributed by atoms with E-state index in [1.54, 1.807) is 11.3 Å². The van der Waals surface area contributed by atoms with Crippen molar-refractivity contribution in [3.05, 3.63) is 20.8 Å². The largest absolute Gasteiger partial charge is 0.375 e. The molecule has 3 rings (SSSR count). The lowest BCUT2D eigenvalue weighted by atomic mass is 9.82. The Morgan fingerprint density at radius 2 is 2.38 bits per heavy atom. The zero-order valence-corrected chi connectivity index (χ0v) is 11.3. The van der Waals surface area contributed by atoms with Crippen molar-refractivity contribution in [2.45, 2.75) is 37.5 Å². The van der Waals surface area contributed by atoms with E-state index in [1.807, 2.05) is 0 Å². The Hall–Kier alpha value is 0.0600. The number of rotatable bonds is 3. The van der Waals surface area contributed by atoms with Crippen molar-refractivity contribution in [2.75, 3.05) is 0 Å². The molecular formula is C11H15BrN2OS. The lowest BCUT2D eigenvalue weighted by Crippen LogP contribution is -2.37. The second kappa shape index (κ2) is 4.38. The minimum Gasteiger partial charge on any atom is -0.375 e.